The van der Waals surface area contributed by atoms with Crippen LogP contribution in [0.25, 0.3) is 0 Å². The highest BCUT2D eigenvalue weighted by atomic mass is 16.6. The maximum atomic E-state index is 12.8. The highest BCUT2D eigenvalue weighted by Gasteiger charge is 2.19. The molecule has 0 fully saturated rings. The van der Waals surface area contributed by atoms with Crippen LogP contribution in [0.5, 0.6) is 0 Å². The van der Waals surface area contributed by atoms with Gasteiger partial charge in [-0.05, 0) is 109 Å². The lowest BCUT2D eigenvalue weighted by molar-refractivity contribution is -0.167. The fourth-order valence-electron chi connectivity index (χ4n) is 7.27. The van der Waals surface area contributed by atoms with Crippen molar-refractivity contribution in [1.29, 1.82) is 0 Å². The highest BCUT2D eigenvalue weighted by molar-refractivity contribution is 5.71. The number of hydrogen-bond acceptors (Lipinski definition) is 6. The van der Waals surface area contributed by atoms with Crippen molar-refractivity contribution in [2.45, 2.75) is 258 Å². The minimum absolute atomic E-state index is 0.0917. The second-order valence-corrected chi connectivity index (χ2v) is 17.7. The van der Waals surface area contributed by atoms with E-state index in [4.69, 9.17) is 14.2 Å². The number of rotatable bonds is 48. The van der Waals surface area contributed by atoms with Gasteiger partial charge in [0.2, 0.25) is 0 Å². The average Bonchev–Trinajstić information content (AvgIpc) is 3.30. The minimum Gasteiger partial charge on any atom is -0.462 e. The molecule has 0 aromatic carbocycles. The van der Waals surface area contributed by atoms with E-state index in [9.17, 15) is 14.4 Å². The Labute approximate surface area is 401 Å². The molecule has 0 aliphatic carbocycles. The lowest BCUT2D eigenvalue weighted by atomic mass is 10.1. The summed E-state index contributed by atoms with van der Waals surface area (Å²) in [5.41, 5.74) is 0. The van der Waals surface area contributed by atoms with Gasteiger partial charge < -0.3 is 14.2 Å². The largest absolute Gasteiger partial charge is 0.462 e. The molecule has 0 aliphatic rings. The molecular weight excluding hydrogens is 805 g/mol. The number of ether oxygens (including phenoxy) is 3. The third-order valence-electron chi connectivity index (χ3n) is 11.4. The second kappa shape index (κ2) is 53.2. The standard InChI is InChI=1S/C59H100O6/c1-4-7-10-13-16-19-22-24-26-28-29-31-32-34-37-40-43-46-49-52-58(61)64-55-56(54-63-57(60)51-48-45-42-39-36-21-18-15-12-9-6-3)65-59(62)53-50-47-44-41-38-35-33-30-27-25-23-20-17-14-11-8-5-2/h8,11,15-20,24-27,33,35,56H,4-7,9-10,12-14,21-23,28-32,34,36-55H2,1-3H3/b11-8-,18-15-,19-16-,20-17-,26-24-,27-25-,35-33-/t56-/m0/s1. The van der Waals surface area contributed by atoms with Crippen LogP contribution in [0.1, 0.15) is 252 Å². The van der Waals surface area contributed by atoms with Crippen molar-refractivity contribution in [3.05, 3.63) is 85.1 Å². The Balaban J connectivity index is 4.40. The smallest absolute Gasteiger partial charge is 0.306 e. The number of carbonyl (C=O) groups excluding carboxylic acids is 3. The number of esters is 3. The summed E-state index contributed by atoms with van der Waals surface area (Å²) in [6, 6.07) is 0. The van der Waals surface area contributed by atoms with Gasteiger partial charge >= 0.3 is 17.9 Å². The Morgan fingerprint density at radius 2 is 0.615 bits per heavy atom. The van der Waals surface area contributed by atoms with Crippen molar-refractivity contribution >= 4 is 17.9 Å². The van der Waals surface area contributed by atoms with Crippen LogP contribution in [0, 0.1) is 0 Å². The molecule has 6 heteroatoms. The maximum Gasteiger partial charge on any atom is 0.306 e. The lowest BCUT2D eigenvalue weighted by Crippen LogP contribution is -2.30. The van der Waals surface area contributed by atoms with E-state index in [0.717, 1.165) is 109 Å². The van der Waals surface area contributed by atoms with Crippen molar-refractivity contribution in [3.63, 3.8) is 0 Å². The molecule has 65 heavy (non-hydrogen) atoms. The van der Waals surface area contributed by atoms with Crippen molar-refractivity contribution in [2.24, 2.45) is 0 Å². The summed E-state index contributed by atoms with van der Waals surface area (Å²) < 4.78 is 16.8. The summed E-state index contributed by atoms with van der Waals surface area (Å²) in [6.07, 6.45) is 68.5. The van der Waals surface area contributed by atoms with Crippen LogP contribution < -0.4 is 0 Å². The average molecular weight is 905 g/mol. The first kappa shape index (κ1) is 61.6. The van der Waals surface area contributed by atoms with E-state index in [0.29, 0.717) is 19.3 Å². The van der Waals surface area contributed by atoms with E-state index in [2.05, 4.69) is 106 Å². The summed E-state index contributed by atoms with van der Waals surface area (Å²) in [5, 5.41) is 0. The minimum atomic E-state index is -0.794. The molecular formula is C59H100O6. The maximum absolute atomic E-state index is 12.8. The summed E-state index contributed by atoms with van der Waals surface area (Å²) >= 11 is 0. The van der Waals surface area contributed by atoms with Gasteiger partial charge in [-0.2, -0.15) is 0 Å². The van der Waals surface area contributed by atoms with E-state index in [1.165, 1.54) is 103 Å². The highest BCUT2D eigenvalue weighted by Crippen LogP contribution is 2.14. The van der Waals surface area contributed by atoms with Gasteiger partial charge in [-0.3, -0.25) is 14.4 Å². The van der Waals surface area contributed by atoms with Crippen LogP contribution in [-0.4, -0.2) is 37.2 Å². The molecule has 0 saturated heterocycles. The van der Waals surface area contributed by atoms with Gasteiger partial charge in [0.05, 0.1) is 0 Å². The third kappa shape index (κ3) is 51.4. The fourth-order valence-corrected chi connectivity index (χ4v) is 7.27. The number of allylic oxidation sites excluding steroid dienone is 14. The molecule has 0 bridgehead atoms. The van der Waals surface area contributed by atoms with Crippen LogP contribution in [0.3, 0.4) is 0 Å². The van der Waals surface area contributed by atoms with E-state index in [1.54, 1.807) is 0 Å². The monoisotopic (exact) mass is 905 g/mol. The first-order chi connectivity index (χ1) is 32.0. The van der Waals surface area contributed by atoms with Gasteiger partial charge in [-0.15, -0.1) is 0 Å². The Hall–Kier alpha value is -3.41. The van der Waals surface area contributed by atoms with E-state index in [1.807, 2.05) is 0 Å². The Morgan fingerprint density at radius 1 is 0.323 bits per heavy atom. The topological polar surface area (TPSA) is 78.9 Å². The van der Waals surface area contributed by atoms with Gasteiger partial charge in [0.1, 0.15) is 13.2 Å². The zero-order valence-electron chi connectivity index (χ0n) is 42.5. The SMILES string of the molecule is CC/C=C\C/C=C\C/C=C\C/C=C\CCCCCCC(=O)O[C@@H](COC(=O)CCCCCCC/C=C\CCCC)COC(=O)CCCCCCCCCCC/C=C\C/C=C\CCCCC. The van der Waals surface area contributed by atoms with Gasteiger partial charge in [-0.1, -0.05) is 209 Å². The summed E-state index contributed by atoms with van der Waals surface area (Å²) in [5.74, 6) is -0.928. The molecule has 0 aliphatic heterocycles. The molecule has 6 nitrogen and oxygen atoms in total. The molecule has 0 unspecified atom stereocenters. The summed E-state index contributed by atoms with van der Waals surface area (Å²) in [6.45, 7) is 6.43. The predicted molar refractivity (Wildman–Crippen MR) is 279 cm³/mol. The molecule has 0 saturated carbocycles. The fraction of sp³-hybridized carbons (Fsp3) is 0.712. The van der Waals surface area contributed by atoms with Crippen LogP contribution in [0.15, 0.2) is 85.1 Å². The zero-order valence-corrected chi connectivity index (χ0v) is 42.5. The summed E-state index contributed by atoms with van der Waals surface area (Å²) in [7, 11) is 0. The first-order valence-electron chi connectivity index (χ1n) is 27.1. The molecule has 0 amide bonds. The van der Waals surface area contributed by atoms with Crippen molar-refractivity contribution in [1.82, 2.24) is 0 Å². The molecule has 0 aromatic heterocycles. The molecule has 0 rings (SSSR count). The Kier molecular flexibility index (Phi) is 50.4. The van der Waals surface area contributed by atoms with E-state index >= 15 is 0 Å². The Bertz CT molecular complexity index is 1270. The van der Waals surface area contributed by atoms with Gasteiger partial charge in [0.15, 0.2) is 6.10 Å². The first-order valence-corrected chi connectivity index (χ1v) is 27.1. The third-order valence-corrected chi connectivity index (χ3v) is 11.4. The zero-order chi connectivity index (χ0) is 47.2. The van der Waals surface area contributed by atoms with Gasteiger partial charge in [-0.25, -0.2) is 0 Å². The van der Waals surface area contributed by atoms with Crippen LogP contribution in [-0.2, 0) is 28.6 Å². The molecule has 0 N–H and O–H groups in total. The van der Waals surface area contributed by atoms with E-state index in [-0.39, 0.29) is 31.1 Å². The number of hydrogen-bond donors (Lipinski definition) is 0. The quantitative estimate of drug-likeness (QED) is 0.0262. The molecule has 0 spiro atoms. The molecule has 372 valence electrons. The van der Waals surface area contributed by atoms with Gasteiger partial charge in [0, 0.05) is 19.3 Å². The van der Waals surface area contributed by atoms with Gasteiger partial charge in [0.25, 0.3) is 0 Å². The van der Waals surface area contributed by atoms with E-state index < -0.39 is 6.10 Å². The van der Waals surface area contributed by atoms with Crippen molar-refractivity contribution < 1.29 is 28.6 Å². The molecule has 0 heterocycles. The van der Waals surface area contributed by atoms with Crippen LogP contribution in [0.4, 0.5) is 0 Å². The lowest BCUT2D eigenvalue weighted by Gasteiger charge is -2.18. The molecule has 0 aromatic rings. The second-order valence-electron chi connectivity index (χ2n) is 17.7. The summed E-state index contributed by atoms with van der Waals surface area (Å²) in [4.78, 5) is 38.0. The molecule has 1 atom stereocenters. The van der Waals surface area contributed by atoms with Crippen LogP contribution >= 0.6 is 0 Å². The van der Waals surface area contributed by atoms with Crippen molar-refractivity contribution in [2.75, 3.05) is 13.2 Å². The normalized spacial score (nSPS) is 12.7. The number of carbonyl (C=O) groups is 3. The predicted octanol–water partition coefficient (Wildman–Crippen LogP) is 18.0. The number of unbranched alkanes of at least 4 members (excludes halogenated alkanes) is 23. The Morgan fingerprint density at radius 3 is 1.00 bits per heavy atom. The van der Waals surface area contributed by atoms with Crippen molar-refractivity contribution in [3.8, 4) is 0 Å². The van der Waals surface area contributed by atoms with Crippen LogP contribution in [0.2, 0.25) is 0 Å². The molecule has 0 radical (unpaired) electrons.